The van der Waals surface area contributed by atoms with Gasteiger partial charge in [-0.3, -0.25) is 0 Å². The van der Waals surface area contributed by atoms with Crippen molar-refractivity contribution in [3.8, 4) is 5.69 Å². The molecule has 0 aliphatic rings. The van der Waals surface area contributed by atoms with Crippen LogP contribution in [0.2, 0.25) is 0 Å². The van der Waals surface area contributed by atoms with Crippen LogP contribution in [0.4, 0.5) is 0 Å². The lowest BCUT2D eigenvalue weighted by atomic mass is 10.1. The van der Waals surface area contributed by atoms with Crippen LogP contribution in [-0.2, 0) is 0 Å². The van der Waals surface area contributed by atoms with E-state index in [1.165, 1.54) is 6.20 Å². The number of benzene rings is 1. The molecule has 0 aliphatic heterocycles. The van der Waals surface area contributed by atoms with Crippen LogP contribution in [-0.4, -0.2) is 20.6 Å². The Bertz CT molecular complexity index is 775. The molecule has 0 spiro atoms. The molecule has 94 valence electrons. The van der Waals surface area contributed by atoms with Gasteiger partial charge in [0.15, 0.2) is 5.69 Å². The Morgan fingerprint density at radius 3 is 2.79 bits per heavy atom. The van der Waals surface area contributed by atoms with Crippen molar-refractivity contribution in [2.24, 2.45) is 0 Å². The first-order valence-electron chi connectivity index (χ1n) is 5.94. The number of carbonyl (C=O) groups is 1. The highest BCUT2D eigenvalue weighted by Crippen LogP contribution is 2.23. The van der Waals surface area contributed by atoms with E-state index < -0.39 is 5.97 Å². The molecule has 0 aliphatic carbocycles. The van der Waals surface area contributed by atoms with Crippen molar-refractivity contribution in [1.29, 1.82) is 0 Å². The second-order valence-electron chi connectivity index (χ2n) is 4.35. The first-order chi connectivity index (χ1) is 9.18. The molecule has 1 N–H and O–H groups in total. The third kappa shape index (κ3) is 1.78. The fraction of sp³-hybridized carbons (Fsp3) is 0.0667. The van der Waals surface area contributed by atoms with Crippen LogP contribution in [0.5, 0.6) is 0 Å². The molecule has 3 aromatic rings. The van der Waals surface area contributed by atoms with E-state index in [-0.39, 0.29) is 5.69 Å². The molecule has 0 fully saturated rings. The quantitative estimate of drug-likeness (QED) is 0.762. The number of nitrogens with zero attached hydrogens (tertiary/aromatic N) is 2. The van der Waals surface area contributed by atoms with Crippen molar-refractivity contribution in [3.63, 3.8) is 0 Å². The highest BCUT2D eigenvalue weighted by atomic mass is 16.4. The number of hydrogen-bond acceptors (Lipinski definition) is 2. The summed E-state index contributed by atoms with van der Waals surface area (Å²) < 4.78 is 1.98. The summed E-state index contributed by atoms with van der Waals surface area (Å²) >= 11 is 0. The molecular formula is C15H12N2O2. The van der Waals surface area contributed by atoms with Gasteiger partial charge in [-0.25, -0.2) is 9.78 Å². The zero-order valence-corrected chi connectivity index (χ0v) is 10.4. The normalized spacial score (nSPS) is 10.8. The van der Waals surface area contributed by atoms with Crippen LogP contribution in [0.1, 0.15) is 16.1 Å². The first kappa shape index (κ1) is 11.5. The summed E-state index contributed by atoms with van der Waals surface area (Å²) in [5, 5.41) is 10.3. The summed E-state index contributed by atoms with van der Waals surface area (Å²) in [5.74, 6) is -1.00. The van der Waals surface area contributed by atoms with Gasteiger partial charge in [-0.15, -0.1) is 0 Å². The number of carboxylic acids is 1. The van der Waals surface area contributed by atoms with Crippen LogP contribution < -0.4 is 0 Å². The molecule has 3 rings (SSSR count). The molecule has 0 atom stereocenters. The molecule has 4 nitrogen and oxygen atoms in total. The number of aromatic nitrogens is 2. The standard InChI is InChI=1S/C15H12N2O2/c1-10-12(6-8-16-14(10)15(18)19)17-9-7-11-4-2-3-5-13(11)17/h2-9H,1H3,(H,18,19). The molecule has 0 radical (unpaired) electrons. The van der Waals surface area contributed by atoms with Crippen LogP contribution in [0.25, 0.3) is 16.6 Å². The summed E-state index contributed by atoms with van der Waals surface area (Å²) in [7, 11) is 0. The molecule has 1 aromatic carbocycles. The van der Waals surface area contributed by atoms with Gasteiger partial charge in [0.25, 0.3) is 0 Å². The van der Waals surface area contributed by atoms with Crippen molar-refractivity contribution < 1.29 is 9.90 Å². The Balaban J connectivity index is 2.28. The van der Waals surface area contributed by atoms with Gasteiger partial charge >= 0.3 is 5.97 Å². The van der Waals surface area contributed by atoms with Crippen molar-refractivity contribution in [2.75, 3.05) is 0 Å². The predicted octanol–water partition coefficient (Wildman–Crippen LogP) is 3.03. The largest absolute Gasteiger partial charge is 0.477 e. The maximum Gasteiger partial charge on any atom is 0.354 e. The predicted molar refractivity (Wildman–Crippen MR) is 72.8 cm³/mol. The third-order valence-electron chi connectivity index (χ3n) is 3.24. The van der Waals surface area contributed by atoms with Gasteiger partial charge in [-0.05, 0) is 30.5 Å². The zero-order valence-electron chi connectivity index (χ0n) is 10.4. The van der Waals surface area contributed by atoms with Crippen molar-refractivity contribution >= 4 is 16.9 Å². The third-order valence-corrected chi connectivity index (χ3v) is 3.24. The number of hydrogen-bond donors (Lipinski definition) is 1. The summed E-state index contributed by atoms with van der Waals surface area (Å²) in [6, 6.07) is 11.8. The Kier molecular flexibility index (Phi) is 2.56. The number of pyridine rings is 1. The maximum absolute atomic E-state index is 11.1. The molecule has 0 saturated heterocycles. The van der Waals surface area contributed by atoms with Crippen LogP contribution >= 0.6 is 0 Å². The Hall–Kier alpha value is -2.62. The summed E-state index contributed by atoms with van der Waals surface area (Å²) in [6.07, 6.45) is 3.47. The number of rotatable bonds is 2. The monoisotopic (exact) mass is 252 g/mol. The van der Waals surface area contributed by atoms with Gasteiger partial charge in [0, 0.05) is 18.0 Å². The van der Waals surface area contributed by atoms with E-state index in [0.29, 0.717) is 5.56 Å². The summed E-state index contributed by atoms with van der Waals surface area (Å²) in [6.45, 7) is 1.78. The first-order valence-corrected chi connectivity index (χ1v) is 5.94. The fourth-order valence-electron chi connectivity index (χ4n) is 2.30. The van der Waals surface area contributed by atoms with Crippen molar-refractivity contribution in [3.05, 3.63) is 60.0 Å². The zero-order chi connectivity index (χ0) is 13.4. The highest BCUT2D eigenvalue weighted by molar-refractivity contribution is 5.89. The van der Waals surface area contributed by atoms with Crippen LogP contribution in [0.3, 0.4) is 0 Å². The van der Waals surface area contributed by atoms with Gasteiger partial charge in [0.05, 0.1) is 11.2 Å². The average molecular weight is 252 g/mol. The minimum absolute atomic E-state index is 0.0929. The topological polar surface area (TPSA) is 55.1 Å². The second-order valence-corrected chi connectivity index (χ2v) is 4.35. The van der Waals surface area contributed by atoms with Gasteiger partial charge in [0.1, 0.15) is 0 Å². The minimum Gasteiger partial charge on any atom is -0.477 e. The van der Waals surface area contributed by atoms with Crippen molar-refractivity contribution in [1.82, 2.24) is 9.55 Å². The maximum atomic E-state index is 11.1. The average Bonchev–Trinajstić information content (AvgIpc) is 2.82. The van der Waals surface area contributed by atoms with Gasteiger partial charge in [-0.1, -0.05) is 18.2 Å². The number of para-hydroxylation sites is 1. The van der Waals surface area contributed by atoms with E-state index in [4.69, 9.17) is 5.11 Å². The Morgan fingerprint density at radius 2 is 2.00 bits per heavy atom. The molecule has 0 amide bonds. The molecular weight excluding hydrogens is 240 g/mol. The molecule has 2 aromatic heterocycles. The van der Waals surface area contributed by atoms with E-state index in [1.807, 2.05) is 47.2 Å². The number of aromatic carboxylic acids is 1. The summed E-state index contributed by atoms with van der Waals surface area (Å²) in [4.78, 5) is 15.1. The Labute approximate surface area is 109 Å². The molecule has 2 heterocycles. The summed E-state index contributed by atoms with van der Waals surface area (Å²) in [5.41, 5.74) is 2.65. The van der Waals surface area contributed by atoms with E-state index in [2.05, 4.69) is 4.98 Å². The lowest BCUT2D eigenvalue weighted by molar-refractivity contribution is 0.0689. The molecule has 0 unspecified atom stereocenters. The lowest BCUT2D eigenvalue weighted by Crippen LogP contribution is -2.06. The minimum atomic E-state index is -1.00. The second kappa shape index (κ2) is 4.24. The molecule has 19 heavy (non-hydrogen) atoms. The van der Waals surface area contributed by atoms with E-state index in [1.54, 1.807) is 6.92 Å². The highest BCUT2D eigenvalue weighted by Gasteiger charge is 2.13. The van der Waals surface area contributed by atoms with Gasteiger partial charge in [-0.2, -0.15) is 0 Å². The van der Waals surface area contributed by atoms with E-state index in [9.17, 15) is 4.79 Å². The lowest BCUT2D eigenvalue weighted by Gasteiger charge is -2.10. The molecule has 0 saturated carbocycles. The molecule has 0 bridgehead atoms. The van der Waals surface area contributed by atoms with Crippen molar-refractivity contribution in [2.45, 2.75) is 6.92 Å². The van der Waals surface area contributed by atoms with E-state index >= 15 is 0 Å². The number of carboxylic acid groups (broad SMARTS) is 1. The van der Waals surface area contributed by atoms with Crippen LogP contribution in [0.15, 0.2) is 48.8 Å². The van der Waals surface area contributed by atoms with E-state index in [0.717, 1.165) is 16.6 Å². The Morgan fingerprint density at radius 1 is 1.21 bits per heavy atom. The SMILES string of the molecule is Cc1c(-n2ccc3ccccc32)ccnc1C(=O)O. The van der Waals surface area contributed by atoms with Gasteiger partial charge < -0.3 is 9.67 Å². The fourth-order valence-corrected chi connectivity index (χ4v) is 2.30. The van der Waals surface area contributed by atoms with Crippen LogP contribution in [0, 0.1) is 6.92 Å². The van der Waals surface area contributed by atoms with Gasteiger partial charge in [0.2, 0.25) is 0 Å². The molecule has 4 heteroatoms. The number of fused-ring (bicyclic) bond motifs is 1. The smallest absolute Gasteiger partial charge is 0.354 e.